The number of amides is 3. The molecule has 10 nitrogen and oxygen atoms in total. The van der Waals surface area contributed by atoms with E-state index in [1.807, 2.05) is 0 Å². The lowest BCUT2D eigenvalue weighted by Gasteiger charge is -2.57. The quantitative estimate of drug-likeness (QED) is 0.499. The summed E-state index contributed by atoms with van der Waals surface area (Å²) in [6.45, 7) is -1.93. The molecule has 3 N–H and O–H groups in total. The molecule has 2 atom stereocenters. The zero-order valence-electron chi connectivity index (χ0n) is 19.1. The first-order valence-electron chi connectivity index (χ1n) is 10.9. The van der Waals surface area contributed by atoms with Crippen molar-refractivity contribution < 1.29 is 27.9 Å². The summed E-state index contributed by atoms with van der Waals surface area (Å²) in [6.07, 6.45) is 2.34. The summed E-state index contributed by atoms with van der Waals surface area (Å²) >= 11 is 18.1. The van der Waals surface area contributed by atoms with Crippen LogP contribution in [0, 0.1) is 6.42 Å². The van der Waals surface area contributed by atoms with E-state index in [0.717, 1.165) is 9.80 Å². The number of fused-ring (bicyclic) bond motifs is 1. The van der Waals surface area contributed by atoms with Crippen molar-refractivity contribution in [1.82, 2.24) is 14.1 Å². The van der Waals surface area contributed by atoms with Crippen LogP contribution in [0.25, 0.3) is 0 Å². The molecule has 2 aromatic carbocycles. The molecule has 2 radical (unpaired) electrons. The molecular formula is C23H21Cl3N4O6S. The number of aliphatic hydroxyl groups is 1. The number of β-amino-alcohol motifs (C(OH)–C–C–N with tert-alkyl or cyclic N) is 1. The van der Waals surface area contributed by atoms with Gasteiger partial charge in [-0.2, -0.15) is 4.31 Å². The molecule has 2 saturated heterocycles. The predicted molar refractivity (Wildman–Crippen MR) is 135 cm³/mol. The van der Waals surface area contributed by atoms with Gasteiger partial charge < -0.3 is 20.6 Å². The molecule has 0 aromatic heterocycles. The number of sulfonamides is 1. The lowest BCUT2D eigenvalue weighted by molar-refractivity contribution is -0.181. The van der Waals surface area contributed by atoms with Gasteiger partial charge in [-0.1, -0.05) is 46.9 Å². The number of nitrogens with two attached hydrogens (primary N) is 1. The fourth-order valence-electron chi connectivity index (χ4n) is 4.60. The van der Waals surface area contributed by atoms with Crippen LogP contribution in [-0.2, 0) is 30.8 Å². The largest absolute Gasteiger partial charge is 0.395 e. The van der Waals surface area contributed by atoms with Gasteiger partial charge >= 0.3 is 0 Å². The van der Waals surface area contributed by atoms with E-state index < -0.39 is 59.1 Å². The highest BCUT2D eigenvalue weighted by Gasteiger charge is 2.64. The second-order valence-electron chi connectivity index (χ2n) is 8.45. The van der Waals surface area contributed by atoms with E-state index in [9.17, 15) is 27.9 Å². The number of halogens is 3. The summed E-state index contributed by atoms with van der Waals surface area (Å²) in [7, 11) is -4.60. The molecule has 0 aliphatic carbocycles. The first-order valence-corrected chi connectivity index (χ1v) is 13.5. The van der Waals surface area contributed by atoms with Crippen LogP contribution < -0.4 is 5.73 Å². The normalized spacial score (nSPS) is 22.8. The molecule has 0 saturated carbocycles. The van der Waals surface area contributed by atoms with Gasteiger partial charge in [-0.3, -0.25) is 14.4 Å². The van der Waals surface area contributed by atoms with Crippen molar-refractivity contribution in [2.24, 2.45) is 5.73 Å². The van der Waals surface area contributed by atoms with Crippen LogP contribution in [0.15, 0.2) is 47.4 Å². The molecule has 2 heterocycles. The Kier molecular flexibility index (Phi) is 7.76. The van der Waals surface area contributed by atoms with E-state index in [-0.39, 0.29) is 27.9 Å². The van der Waals surface area contributed by atoms with Gasteiger partial charge in [0.1, 0.15) is 10.9 Å². The molecule has 2 aliphatic rings. The summed E-state index contributed by atoms with van der Waals surface area (Å²) in [5.41, 5.74) is 4.10. The third-order valence-corrected chi connectivity index (χ3v) is 9.13. The maximum Gasteiger partial charge on any atom is 0.261 e. The third kappa shape index (κ3) is 4.80. The lowest BCUT2D eigenvalue weighted by Crippen LogP contribution is -2.83. The molecule has 2 unspecified atom stereocenters. The number of primary amides is 1. The van der Waals surface area contributed by atoms with E-state index in [1.54, 1.807) is 24.3 Å². The van der Waals surface area contributed by atoms with Gasteiger partial charge in [0.15, 0.2) is 0 Å². The monoisotopic (exact) mass is 586 g/mol. The van der Waals surface area contributed by atoms with Crippen molar-refractivity contribution in [2.75, 3.05) is 26.2 Å². The summed E-state index contributed by atoms with van der Waals surface area (Å²) in [4.78, 5) is 41.5. The molecule has 2 aliphatic heterocycles. The van der Waals surface area contributed by atoms with Crippen LogP contribution in [0.3, 0.4) is 0 Å². The van der Waals surface area contributed by atoms with E-state index >= 15 is 0 Å². The van der Waals surface area contributed by atoms with Crippen LogP contribution >= 0.6 is 34.8 Å². The summed E-state index contributed by atoms with van der Waals surface area (Å²) in [5, 5.41) is 10.0. The Morgan fingerprint density at radius 3 is 2.35 bits per heavy atom. The molecule has 14 heteroatoms. The van der Waals surface area contributed by atoms with Crippen molar-refractivity contribution in [3.63, 3.8) is 0 Å². The van der Waals surface area contributed by atoms with Gasteiger partial charge in [-0.05, 0) is 35.9 Å². The zero-order valence-corrected chi connectivity index (χ0v) is 22.2. The van der Waals surface area contributed by atoms with Crippen molar-refractivity contribution >= 4 is 62.5 Å². The smallest absolute Gasteiger partial charge is 0.261 e. The Morgan fingerprint density at radius 2 is 1.76 bits per heavy atom. The topological polar surface area (TPSA) is 141 Å². The van der Waals surface area contributed by atoms with E-state index in [0.29, 0.717) is 14.9 Å². The summed E-state index contributed by atoms with van der Waals surface area (Å²) in [5.74, 6) is -2.64. The number of aliphatic hydroxyl groups excluding tert-OH is 1. The second-order valence-corrected chi connectivity index (χ2v) is 11.6. The average Bonchev–Trinajstić information content (AvgIpc) is 2.82. The Balaban J connectivity index is 1.90. The summed E-state index contributed by atoms with van der Waals surface area (Å²) in [6, 6.07) is 8.81. The van der Waals surface area contributed by atoms with Gasteiger partial charge in [0.05, 0.1) is 24.6 Å². The maximum atomic E-state index is 13.9. The fourth-order valence-corrected chi connectivity index (χ4v) is 7.08. The van der Waals surface area contributed by atoms with Crippen LogP contribution in [0.1, 0.15) is 5.56 Å². The van der Waals surface area contributed by atoms with Gasteiger partial charge in [0.25, 0.3) is 5.91 Å². The average molecular weight is 588 g/mol. The van der Waals surface area contributed by atoms with Crippen LogP contribution in [0.2, 0.25) is 15.1 Å². The molecule has 2 fully saturated rings. The van der Waals surface area contributed by atoms with Crippen molar-refractivity contribution in [2.45, 2.75) is 23.0 Å². The molecule has 196 valence electrons. The molecule has 2 aromatic rings. The number of hydrogen-bond acceptors (Lipinski definition) is 6. The third-order valence-electron chi connectivity index (χ3n) is 6.29. The number of carbonyl (C=O) groups excluding carboxylic acids is 3. The minimum atomic E-state index is -4.60. The van der Waals surface area contributed by atoms with Crippen molar-refractivity contribution in [1.29, 1.82) is 0 Å². The minimum absolute atomic E-state index is 0.0873. The van der Waals surface area contributed by atoms with E-state index in [1.165, 1.54) is 18.2 Å². The molecular weight excluding hydrogens is 567 g/mol. The van der Waals surface area contributed by atoms with Gasteiger partial charge in [-0.15, -0.1) is 0 Å². The van der Waals surface area contributed by atoms with Crippen molar-refractivity contribution in [3.05, 3.63) is 69.5 Å². The molecule has 3 amide bonds. The number of rotatable bonds is 7. The first kappa shape index (κ1) is 27.6. The Morgan fingerprint density at radius 1 is 1.11 bits per heavy atom. The van der Waals surface area contributed by atoms with E-state index in [2.05, 4.69) is 6.42 Å². The SMILES string of the molecule is NC(=O)C12CN(CCO)C(=O)C(Cc3ccc(Cl)cc3)N1C(=O)[C]CN2S(=O)(=O)c1ccc(Cl)cc1Cl. The highest BCUT2D eigenvalue weighted by atomic mass is 35.5. The zero-order chi connectivity index (χ0) is 27.1. The van der Waals surface area contributed by atoms with Gasteiger partial charge in [-0.25, -0.2) is 8.42 Å². The Labute approximate surface area is 228 Å². The fraction of sp³-hybridized carbons (Fsp3) is 0.304. The predicted octanol–water partition coefficient (Wildman–Crippen LogP) is 1.19. The van der Waals surface area contributed by atoms with Crippen LogP contribution in [-0.4, -0.2) is 83.3 Å². The second kappa shape index (κ2) is 10.4. The standard InChI is InChI=1S/C23H21Cl3N4O6S/c24-15-3-1-14(2-4-15)11-18-21(33)28(9-10-31)13-23(22(27)34)29(8-7-20(32)30(18)23)37(35,36)19-6-5-16(25)12-17(19)26/h1-6,12,18,31H,8-11,13H2,(H2,27,34). The number of nitrogens with zero attached hydrogens (tertiary/aromatic N) is 3. The Hall–Kier alpha value is -2.41. The first-order chi connectivity index (χ1) is 17.4. The van der Waals surface area contributed by atoms with Crippen molar-refractivity contribution in [3.8, 4) is 0 Å². The molecule has 4 rings (SSSR count). The minimum Gasteiger partial charge on any atom is -0.395 e. The number of carbonyl (C=O) groups is 3. The molecule has 37 heavy (non-hydrogen) atoms. The number of hydrogen-bond donors (Lipinski definition) is 2. The highest BCUT2D eigenvalue weighted by molar-refractivity contribution is 7.89. The van der Waals surface area contributed by atoms with Gasteiger partial charge in [0.2, 0.25) is 27.5 Å². The number of piperazine rings is 1. The lowest BCUT2D eigenvalue weighted by atomic mass is 9.91. The number of benzene rings is 2. The van der Waals surface area contributed by atoms with Gasteiger partial charge in [0, 0.05) is 29.6 Å². The maximum absolute atomic E-state index is 13.9. The summed E-state index contributed by atoms with van der Waals surface area (Å²) < 4.78 is 28.5. The molecule has 0 bridgehead atoms. The highest BCUT2D eigenvalue weighted by Crippen LogP contribution is 2.40. The Bertz CT molecular complexity index is 1360. The van der Waals surface area contributed by atoms with E-state index in [4.69, 9.17) is 40.5 Å². The molecule has 0 spiro atoms. The van der Waals surface area contributed by atoms with Crippen LogP contribution in [0.4, 0.5) is 0 Å². The van der Waals surface area contributed by atoms with Crippen LogP contribution in [0.5, 0.6) is 0 Å².